The Morgan fingerprint density at radius 1 is 1.29 bits per heavy atom. The molecule has 1 heterocycles. The van der Waals surface area contributed by atoms with Gasteiger partial charge in [-0.05, 0) is 32.3 Å². The summed E-state index contributed by atoms with van der Waals surface area (Å²) in [6.45, 7) is 3.80. The zero-order chi connectivity index (χ0) is 10.5. The topological polar surface area (TPSA) is 38.9 Å². The summed E-state index contributed by atoms with van der Waals surface area (Å²) in [6, 6.07) is 0. The first-order chi connectivity index (χ1) is 6.46. The Labute approximate surface area is 93.4 Å². The molecule has 0 aliphatic heterocycles. The van der Waals surface area contributed by atoms with Crippen molar-refractivity contribution < 1.29 is 0 Å². The van der Waals surface area contributed by atoms with E-state index in [9.17, 15) is 0 Å². The van der Waals surface area contributed by atoms with E-state index in [-0.39, 0.29) is 5.54 Å². The highest BCUT2D eigenvalue weighted by Crippen LogP contribution is 2.47. The summed E-state index contributed by atoms with van der Waals surface area (Å²) in [5.41, 5.74) is 8.50. The molecule has 0 unspecified atom stereocenters. The van der Waals surface area contributed by atoms with E-state index in [2.05, 4.69) is 4.98 Å². The summed E-state index contributed by atoms with van der Waals surface area (Å²) in [6.07, 6.45) is 1.93. The number of rotatable bonds is 1. The first-order valence-electron chi connectivity index (χ1n) is 4.57. The lowest BCUT2D eigenvalue weighted by atomic mass is 10.0. The van der Waals surface area contributed by atoms with Gasteiger partial charge in [-0.3, -0.25) is 0 Å². The van der Waals surface area contributed by atoms with Crippen LogP contribution in [0.15, 0.2) is 0 Å². The van der Waals surface area contributed by atoms with Gasteiger partial charge in [0.15, 0.2) is 0 Å². The molecule has 1 aliphatic rings. The third-order valence-electron chi connectivity index (χ3n) is 2.78. The summed E-state index contributed by atoms with van der Waals surface area (Å²) in [5.74, 6) is 0. The standard InChI is InChI=1S/C10H12Cl2N2/c1-5-7(10(13)3-4-10)9(12)14-6(2)8(5)11/h3-4,13H2,1-2H3. The predicted octanol–water partition coefficient (Wildman–Crippen LogP) is 2.95. The molecule has 0 amide bonds. The van der Waals surface area contributed by atoms with Crippen molar-refractivity contribution in [3.05, 3.63) is 27.0 Å². The van der Waals surface area contributed by atoms with E-state index < -0.39 is 0 Å². The second kappa shape index (κ2) is 3.09. The van der Waals surface area contributed by atoms with Crippen molar-refractivity contribution >= 4 is 23.2 Å². The maximum absolute atomic E-state index is 6.11. The van der Waals surface area contributed by atoms with Crippen molar-refractivity contribution in [1.82, 2.24) is 4.98 Å². The van der Waals surface area contributed by atoms with E-state index in [0.29, 0.717) is 10.2 Å². The SMILES string of the molecule is Cc1nc(Cl)c(C2(N)CC2)c(C)c1Cl. The van der Waals surface area contributed by atoms with Gasteiger partial charge >= 0.3 is 0 Å². The average molecular weight is 231 g/mol. The molecule has 1 aromatic heterocycles. The largest absolute Gasteiger partial charge is 0.321 e. The van der Waals surface area contributed by atoms with Crippen LogP contribution in [0.1, 0.15) is 29.7 Å². The minimum absolute atomic E-state index is 0.272. The number of nitrogens with zero attached hydrogens (tertiary/aromatic N) is 1. The third-order valence-corrected chi connectivity index (χ3v) is 3.61. The van der Waals surface area contributed by atoms with Crippen molar-refractivity contribution in [3.8, 4) is 0 Å². The van der Waals surface area contributed by atoms with Gasteiger partial charge in [0.2, 0.25) is 0 Å². The van der Waals surface area contributed by atoms with Crippen LogP contribution in [0.4, 0.5) is 0 Å². The predicted molar refractivity (Wildman–Crippen MR) is 58.8 cm³/mol. The molecule has 1 saturated carbocycles. The first-order valence-corrected chi connectivity index (χ1v) is 5.33. The molecule has 0 radical (unpaired) electrons. The van der Waals surface area contributed by atoms with Gasteiger partial charge in [0.25, 0.3) is 0 Å². The number of aryl methyl sites for hydroxylation is 1. The van der Waals surface area contributed by atoms with Crippen LogP contribution in [0, 0.1) is 13.8 Å². The van der Waals surface area contributed by atoms with Crippen LogP contribution in [0.25, 0.3) is 0 Å². The van der Waals surface area contributed by atoms with Crippen molar-refractivity contribution in [1.29, 1.82) is 0 Å². The van der Waals surface area contributed by atoms with Crippen LogP contribution in [-0.2, 0) is 5.54 Å². The highest BCUT2D eigenvalue weighted by Gasteiger charge is 2.43. The molecular weight excluding hydrogens is 219 g/mol. The molecule has 0 atom stereocenters. The lowest BCUT2D eigenvalue weighted by molar-refractivity contribution is 0.727. The minimum Gasteiger partial charge on any atom is -0.321 e. The maximum Gasteiger partial charge on any atom is 0.134 e. The van der Waals surface area contributed by atoms with E-state index in [4.69, 9.17) is 28.9 Å². The molecule has 0 bridgehead atoms. The average Bonchev–Trinajstić information content (AvgIpc) is 2.80. The summed E-state index contributed by atoms with van der Waals surface area (Å²) < 4.78 is 0. The number of nitrogens with two attached hydrogens (primary N) is 1. The van der Waals surface area contributed by atoms with Gasteiger partial charge in [-0.15, -0.1) is 0 Å². The summed E-state index contributed by atoms with van der Waals surface area (Å²) in [7, 11) is 0. The van der Waals surface area contributed by atoms with Crippen LogP contribution >= 0.6 is 23.2 Å². The van der Waals surface area contributed by atoms with Crippen molar-refractivity contribution in [2.24, 2.45) is 5.73 Å². The number of aromatic nitrogens is 1. The minimum atomic E-state index is -0.272. The van der Waals surface area contributed by atoms with Gasteiger partial charge in [0.1, 0.15) is 5.15 Å². The van der Waals surface area contributed by atoms with Gasteiger partial charge in [-0.2, -0.15) is 0 Å². The fraction of sp³-hybridized carbons (Fsp3) is 0.500. The molecule has 1 aromatic rings. The molecule has 0 saturated heterocycles. The summed E-state index contributed by atoms with van der Waals surface area (Å²) in [4.78, 5) is 4.19. The Hall–Kier alpha value is -0.310. The van der Waals surface area contributed by atoms with Crippen molar-refractivity contribution in [2.45, 2.75) is 32.2 Å². The van der Waals surface area contributed by atoms with E-state index in [1.807, 2.05) is 13.8 Å². The fourth-order valence-electron chi connectivity index (χ4n) is 1.75. The monoisotopic (exact) mass is 230 g/mol. The second-order valence-corrected chi connectivity index (χ2v) is 4.69. The van der Waals surface area contributed by atoms with Crippen molar-refractivity contribution in [2.75, 3.05) is 0 Å². The highest BCUT2D eigenvalue weighted by molar-refractivity contribution is 6.34. The normalized spacial score (nSPS) is 18.4. The number of pyridine rings is 1. The Morgan fingerprint density at radius 3 is 2.36 bits per heavy atom. The maximum atomic E-state index is 6.11. The summed E-state index contributed by atoms with van der Waals surface area (Å²) >= 11 is 12.2. The third kappa shape index (κ3) is 1.42. The smallest absolute Gasteiger partial charge is 0.134 e. The molecule has 1 fully saturated rings. The van der Waals surface area contributed by atoms with Gasteiger partial charge in [-0.25, -0.2) is 4.98 Å². The zero-order valence-electron chi connectivity index (χ0n) is 8.19. The molecular formula is C10H12Cl2N2. The van der Waals surface area contributed by atoms with E-state index in [0.717, 1.165) is 29.7 Å². The molecule has 0 spiro atoms. The van der Waals surface area contributed by atoms with Crippen LogP contribution in [0.2, 0.25) is 10.2 Å². The summed E-state index contributed by atoms with van der Waals surface area (Å²) in [5, 5.41) is 1.19. The van der Waals surface area contributed by atoms with Gasteiger partial charge in [0.05, 0.1) is 10.7 Å². The van der Waals surface area contributed by atoms with Crippen molar-refractivity contribution in [3.63, 3.8) is 0 Å². The Morgan fingerprint density at radius 2 is 1.86 bits per heavy atom. The van der Waals surface area contributed by atoms with Crippen LogP contribution in [-0.4, -0.2) is 4.98 Å². The zero-order valence-corrected chi connectivity index (χ0v) is 9.71. The van der Waals surface area contributed by atoms with Crippen LogP contribution < -0.4 is 5.73 Å². The number of halogens is 2. The molecule has 2 rings (SSSR count). The lowest BCUT2D eigenvalue weighted by Crippen LogP contribution is -2.21. The van der Waals surface area contributed by atoms with Crippen LogP contribution in [0.5, 0.6) is 0 Å². The van der Waals surface area contributed by atoms with Crippen LogP contribution in [0.3, 0.4) is 0 Å². The fourth-order valence-corrected chi connectivity index (χ4v) is 2.34. The molecule has 1 aliphatic carbocycles. The lowest BCUT2D eigenvalue weighted by Gasteiger charge is -2.16. The highest BCUT2D eigenvalue weighted by atomic mass is 35.5. The van der Waals surface area contributed by atoms with E-state index in [1.165, 1.54) is 0 Å². The molecule has 76 valence electrons. The number of hydrogen-bond acceptors (Lipinski definition) is 2. The molecule has 4 heteroatoms. The molecule has 14 heavy (non-hydrogen) atoms. The quantitative estimate of drug-likeness (QED) is 0.754. The Balaban J connectivity index is 2.65. The number of hydrogen-bond donors (Lipinski definition) is 1. The molecule has 0 aromatic carbocycles. The van der Waals surface area contributed by atoms with E-state index in [1.54, 1.807) is 0 Å². The second-order valence-electron chi connectivity index (χ2n) is 3.96. The molecule has 2 N–H and O–H groups in total. The molecule has 2 nitrogen and oxygen atoms in total. The van der Waals surface area contributed by atoms with Gasteiger partial charge in [0, 0.05) is 11.1 Å². The first kappa shape index (κ1) is 10.2. The van der Waals surface area contributed by atoms with E-state index >= 15 is 0 Å². The van der Waals surface area contributed by atoms with Gasteiger partial charge in [-0.1, -0.05) is 23.2 Å². The Kier molecular flexibility index (Phi) is 2.25. The Bertz CT molecular complexity index is 398. The van der Waals surface area contributed by atoms with Gasteiger partial charge < -0.3 is 5.73 Å².